The van der Waals surface area contributed by atoms with Gasteiger partial charge < -0.3 is 25.4 Å². The summed E-state index contributed by atoms with van der Waals surface area (Å²) in [5.41, 5.74) is 1.51. The van der Waals surface area contributed by atoms with Crippen molar-refractivity contribution in [2.24, 2.45) is 0 Å². The molecule has 3 amide bonds. The van der Waals surface area contributed by atoms with Gasteiger partial charge in [-0.2, -0.15) is 0 Å². The standard InChI is InChI=1S/C25H23N3O6/c1-2-33-25(32)34-19-14-12-18(13-15-19)24(31)28-21-11-7-6-10-20(21)27-22(29)16-26-23(30)17-8-4-3-5-9-17/h3-15H,2,16H2,1H3,(H,26,30)(H,27,29)(H,28,31). The molecule has 3 N–H and O–H groups in total. The lowest BCUT2D eigenvalue weighted by atomic mass is 10.2. The molecule has 0 atom stereocenters. The van der Waals surface area contributed by atoms with Crippen molar-refractivity contribution < 1.29 is 28.7 Å². The molecular weight excluding hydrogens is 438 g/mol. The molecule has 3 aromatic rings. The first kappa shape index (κ1) is 24.0. The molecular formula is C25H23N3O6. The summed E-state index contributed by atoms with van der Waals surface area (Å²) in [7, 11) is 0. The highest BCUT2D eigenvalue weighted by Gasteiger charge is 2.13. The van der Waals surface area contributed by atoms with Crippen molar-refractivity contribution in [1.82, 2.24) is 5.32 Å². The van der Waals surface area contributed by atoms with Gasteiger partial charge in [-0.1, -0.05) is 30.3 Å². The third-order valence-corrected chi connectivity index (χ3v) is 4.47. The van der Waals surface area contributed by atoms with Gasteiger partial charge in [-0.25, -0.2) is 4.79 Å². The molecule has 0 aliphatic heterocycles. The van der Waals surface area contributed by atoms with E-state index in [0.29, 0.717) is 22.5 Å². The molecule has 9 nitrogen and oxygen atoms in total. The fourth-order valence-corrected chi connectivity index (χ4v) is 2.86. The van der Waals surface area contributed by atoms with Crippen molar-refractivity contribution in [3.8, 4) is 5.75 Å². The number of para-hydroxylation sites is 2. The number of nitrogens with one attached hydrogen (secondary N) is 3. The number of rotatable bonds is 8. The van der Waals surface area contributed by atoms with Crippen molar-refractivity contribution in [2.75, 3.05) is 23.8 Å². The first-order valence-corrected chi connectivity index (χ1v) is 10.4. The van der Waals surface area contributed by atoms with Crippen LogP contribution in [-0.2, 0) is 9.53 Å². The summed E-state index contributed by atoms with van der Waals surface area (Å²) in [5.74, 6) is -1.01. The molecule has 0 radical (unpaired) electrons. The summed E-state index contributed by atoms with van der Waals surface area (Å²) in [6, 6.07) is 21.1. The van der Waals surface area contributed by atoms with E-state index in [1.807, 2.05) is 0 Å². The maximum absolute atomic E-state index is 12.6. The zero-order valence-electron chi connectivity index (χ0n) is 18.4. The van der Waals surface area contributed by atoms with E-state index >= 15 is 0 Å². The fourth-order valence-electron chi connectivity index (χ4n) is 2.86. The Kier molecular flexibility index (Phi) is 8.34. The van der Waals surface area contributed by atoms with E-state index in [1.165, 1.54) is 24.3 Å². The SMILES string of the molecule is CCOC(=O)Oc1ccc(C(=O)Nc2ccccc2NC(=O)CNC(=O)c2ccccc2)cc1. The monoisotopic (exact) mass is 461 g/mol. The molecule has 0 heterocycles. The van der Waals surface area contributed by atoms with Crippen LogP contribution in [0.5, 0.6) is 5.75 Å². The van der Waals surface area contributed by atoms with Crippen LogP contribution in [0.1, 0.15) is 27.6 Å². The van der Waals surface area contributed by atoms with E-state index in [9.17, 15) is 19.2 Å². The van der Waals surface area contributed by atoms with Gasteiger partial charge in [-0.05, 0) is 55.5 Å². The number of hydrogen-bond donors (Lipinski definition) is 3. The average Bonchev–Trinajstić information content (AvgIpc) is 2.85. The maximum Gasteiger partial charge on any atom is 0.513 e. The molecule has 0 spiro atoms. The van der Waals surface area contributed by atoms with Crippen LogP contribution in [0.3, 0.4) is 0 Å². The Labute approximate surface area is 196 Å². The quantitative estimate of drug-likeness (QED) is 0.346. The van der Waals surface area contributed by atoms with Crippen molar-refractivity contribution in [3.05, 3.63) is 90.0 Å². The highest BCUT2D eigenvalue weighted by molar-refractivity contribution is 6.07. The van der Waals surface area contributed by atoms with Crippen molar-refractivity contribution >= 4 is 35.3 Å². The first-order valence-electron chi connectivity index (χ1n) is 10.4. The normalized spacial score (nSPS) is 10.0. The van der Waals surface area contributed by atoms with Gasteiger partial charge in [0.25, 0.3) is 11.8 Å². The van der Waals surface area contributed by atoms with E-state index < -0.39 is 18.0 Å². The molecule has 3 aromatic carbocycles. The Morgan fingerprint density at radius 2 is 1.29 bits per heavy atom. The molecule has 9 heteroatoms. The second kappa shape index (κ2) is 11.8. The summed E-state index contributed by atoms with van der Waals surface area (Å²) in [5, 5.41) is 7.96. The van der Waals surface area contributed by atoms with Gasteiger partial charge in [0.15, 0.2) is 0 Å². The van der Waals surface area contributed by atoms with Crippen molar-refractivity contribution in [1.29, 1.82) is 0 Å². The Morgan fingerprint density at radius 3 is 1.94 bits per heavy atom. The van der Waals surface area contributed by atoms with Crippen molar-refractivity contribution in [3.63, 3.8) is 0 Å². The molecule has 0 saturated carbocycles. The van der Waals surface area contributed by atoms with Crippen LogP contribution in [0.4, 0.5) is 16.2 Å². The molecule has 0 fully saturated rings. The number of benzene rings is 3. The van der Waals surface area contributed by atoms with Gasteiger partial charge in [-0.3, -0.25) is 14.4 Å². The zero-order valence-corrected chi connectivity index (χ0v) is 18.4. The van der Waals surface area contributed by atoms with E-state index in [-0.39, 0.29) is 24.8 Å². The first-order chi connectivity index (χ1) is 16.5. The van der Waals surface area contributed by atoms with Crippen molar-refractivity contribution in [2.45, 2.75) is 6.92 Å². The Bertz CT molecular complexity index is 1160. The van der Waals surface area contributed by atoms with Gasteiger partial charge in [0, 0.05) is 11.1 Å². The summed E-state index contributed by atoms with van der Waals surface area (Å²) in [4.78, 5) is 48.5. The summed E-state index contributed by atoms with van der Waals surface area (Å²) >= 11 is 0. The van der Waals surface area contributed by atoms with Gasteiger partial charge in [0.2, 0.25) is 5.91 Å². The van der Waals surface area contributed by atoms with E-state index in [4.69, 9.17) is 9.47 Å². The summed E-state index contributed by atoms with van der Waals surface area (Å²) in [6.07, 6.45) is -0.829. The number of ether oxygens (including phenoxy) is 2. The Balaban J connectivity index is 1.58. The minimum atomic E-state index is -0.829. The zero-order chi connectivity index (χ0) is 24.3. The molecule has 0 aliphatic carbocycles. The third-order valence-electron chi connectivity index (χ3n) is 4.47. The number of anilines is 2. The number of carbonyl (C=O) groups is 4. The van der Waals surface area contributed by atoms with Crippen LogP contribution in [0, 0.1) is 0 Å². The highest BCUT2D eigenvalue weighted by Crippen LogP contribution is 2.22. The lowest BCUT2D eigenvalue weighted by Crippen LogP contribution is -2.33. The lowest BCUT2D eigenvalue weighted by molar-refractivity contribution is -0.115. The highest BCUT2D eigenvalue weighted by atomic mass is 16.7. The molecule has 0 aliphatic rings. The van der Waals surface area contributed by atoms with E-state index in [2.05, 4.69) is 16.0 Å². The predicted octanol–water partition coefficient (Wildman–Crippen LogP) is 3.84. The average molecular weight is 461 g/mol. The number of amides is 3. The van der Waals surface area contributed by atoms with Crippen LogP contribution in [0.15, 0.2) is 78.9 Å². The molecule has 0 unspecified atom stereocenters. The minimum Gasteiger partial charge on any atom is -0.434 e. The third kappa shape index (κ3) is 6.92. The van der Waals surface area contributed by atoms with Crippen LogP contribution in [0.2, 0.25) is 0 Å². The maximum atomic E-state index is 12.6. The molecule has 174 valence electrons. The smallest absolute Gasteiger partial charge is 0.434 e. The number of carbonyl (C=O) groups excluding carboxylic acids is 4. The topological polar surface area (TPSA) is 123 Å². The Hall–Kier alpha value is -4.66. The van der Waals surface area contributed by atoms with Crippen LogP contribution in [0.25, 0.3) is 0 Å². The molecule has 3 rings (SSSR count). The molecule has 0 saturated heterocycles. The van der Waals surface area contributed by atoms with E-state index in [1.54, 1.807) is 61.5 Å². The predicted molar refractivity (Wildman–Crippen MR) is 126 cm³/mol. The second-order valence-electron chi connectivity index (χ2n) is 6.91. The van der Waals surface area contributed by atoms with Gasteiger partial charge in [0.05, 0.1) is 24.5 Å². The largest absolute Gasteiger partial charge is 0.513 e. The van der Waals surface area contributed by atoms with E-state index in [0.717, 1.165) is 0 Å². The minimum absolute atomic E-state index is 0.189. The fraction of sp³-hybridized carbons (Fsp3) is 0.120. The van der Waals surface area contributed by atoms with Crippen LogP contribution < -0.4 is 20.7 Å². The lowest BCUT2D eigenvalue weighted by Gasteiger charge is -2.13. The summed E-state index contributed by atoms with van der Waals surface area (Å²) in [6.45, 7) is 1.61. The number of hydrogen-bond acceptors (Lipinski definition) is 6. The van der Waals surface area contributed by atoms with Crippen LogP contribution in [-0.4, -0.2) is 37.0 Å². The summed E-state index contributed by atoms with van der Waals surface area (Å²) < 4.78 is 9.67. The van der Waals surface area contributed by atoms with Crippen LogP contribution >= 0.6 is 0 Å². The molecule has 34 heavy (non-hydrogen) atoms. The Morgan fingerprint density at radius 1 is 0.706 bits per heavy atom. The molecule has 0 aromatic heterocycles. The molecule has 0 bridgehead atoms. The van der Waals surface area contributed by atoms with Gasteiger partial charge >= 0.3 is 6.16 Å². The van der Waals surface area contributed by atoms with Gasteiger partial charge in [-0.15, -0.1) is 0 Å². The second-order valence-corrected chi connectivity index (χ2v) is 6.91. The van der Waals surface area contributed by atoms with Gasteiger partial charge in [0.1, 0.15) is 5.75 Å².